The van der Waals surface area contributed by atoms with E-state index in [1.165, 1.54) is 26.2 Å². The molecule has 1 rings (SSSR count). The van der Waals surface area contributed by atoms with Crippen molar-refractivity contribution >= 4 is 17.4 Å². The van der Waals surface area contributed by atoms with Gasteiger partial charge in [0.1, 0.15) is 11.9 Å². The molecule has 1 aromatic carbocycles. The summed E-state index contributed by atoms with van der Waals surface area (Å²) in [4.78, 5) is 33.7. The summed E-state index contributed by atoms with van der Waals surface area (Å²) in [5.41, 5.74) is 0.0216. The molecule has 150 valence electrons. The first kappa shape index (κ1) is 22.4. The van der Waals surface area contributed by atoms with Crippen molar-refractivity contribution in [3.05, 3.63) is 27.8 Å². The Morgan fingerprint density at radius 3 is 2.33 bits per heavy atom. The second-order valence-electron chi connectivity index (χ2n) is 6.56. The molecule has 27 heavy (non-hydrogen) atoms. The van der Waals surface area contributed by atoms with Gasteiger partial charge in [0.05, 0.1) is 36.2 Å². The number of carbonyl (C=O) groups excluding carboxylic acids is 2. The summed E-state index contributed by atoms with van der Waals surface area (Å²) in [5.74, 6) is -0.127. The third kappa shape index (κ3) is 6.88. The molecule has 0 fully saturated rings. The number of nitrogens with zero attached hydrogens (tertiary/aromatic N) is 1. The van der Waals surface area contributed by atoms with Gasteiger partial charge in [0.25, 0.3) is 5.69 Å². The molecule has 0 amide bonds. The van der Waals surface area contributed by atoms with Crippen molar-refractivity contribution in [2.45, 2.75) is 53.1 Å². The van der Waals surface area contributed by atoms with E-state index in [9.17, 15) is 19.7 Å². The minimum atomic E-state index is -0.807. The van der Waals surface area contributed by atoms with Crippen LogP contribution in [-0.4, -0.2) is 30.4 Å². The third-order valence-electron chi connectivity index (χ3n) is 3.89. The zero-order chi connectivity index (χ0) is 20.6. The standard InChI is InChI=1S/C19H27NO7/c1-12(2)19(22)27-14(4)15-10-17(25-5)18(11-16(15)20(23)24)26-9-7-6-8-13(3)21/h10-12,14H,6-9H2,1-5H3. The van der Waals surface area contributed by atoms with Crippen LogP contribution in [0.15, 0.2) is 12.1 Å². The quantitative estimate of drug-likeness (QED) is 0.247. The van der Waals surface area contributed by atoms with Crippen LogP contribution in [0.5, 0.6) is 11.5 Å². The van der Waals surface area contributed by atoms with Gasteiger partial charge in [-0.15, -0.1) is 0 Å². The van der Waals surface area contributed by atoms with E-state index in [1.807, 2.05) is 0 Å². The van der Waals surface area contributed by atoms with Gasteiger partial charge in [0.2, 0.25) is 0 Å². The molecule has 0 N–H and O–H groups in total. The number of nitro benzene ring substituents is 1. The Labute approximate surface area is 158 Å². The number of rotatable bonds is 11. The van der Waals surface area contributed by atoms with Crippen molar-refractivity contribution in [2.75, 3.05) is 13.7 Å². The molecule has 0 radical (unpaired) electrons. The number of ether oxygens (including phenoxy) is 3. The van der Waals surface area contributed by atoms with Crippen molar-refractivity contribution < 1.29 is 28.7 Å². The van der Waals surface area contributed by atoms with Crippen molar-refractivity contribution in [1.29, 1.82) is 0 Å². The number of unbranched alkanes of at least 4 members (excludes halogenated alkanes) is 1. The van der Waals surface area contributed by atoms with Gasteiger partial charge >= 0.3 is 5.97 Å². The lowest BCUT2D eigenvalue weighted by atomic mass is 10.1. The van der Waals surface area contributed by atoms with Crippen LogP contribution < -0.4 is 9.47 Å². The lowest BCUT2D eigenvalue weighted by molar-refractivity contribution is -0.386. The molecule has 1 aromatic rings. The van der Waals surface area contributed by atoms with Crippen molar-refractivity contribution in [2.24, 2.45) is 5.92 Å². The molecule has 1 unspecified atom stereocenters. The number of benzene rings is 1. The Balaban J connectivity index is 3.01. The van der Waals surface area contributed by atoms with E-state index < -0.39 is 17.0 Å². The van der Waals surface area contributed by atoms with Crippen molar-refractivity contribution in [3.8, 4) is 11.5 Å². The van der Waals surface area contributed by atoms with E-state index in [4.69, 9.17) is 14.2 Å². The molecule has 8 heteroatoms. The summed E-state index contributed by atoms with van der Waals surface area (Å²) < 4.78 is 16.2. The monoisotopic (exact) mass is 381 g/mol. The summed E-state index contributed by atoms with van der Waals surface area (Å²) in [5, 5.41) is 11.5. The SMILES string of the molecule is COc1cc(C(C)OC(=O)C(C)C)c([N+](=O)[O-])cc1OCCCCC(C)=O. The van der Waals surface area contributed by atoms with E-state index >= 15 is 0 Å². The summed E-state index contributed by atoms with van der Waals surface area (Å²) in [6.07, 6.45) is 0.984. The topological polar surface area (TPSA) is 105 Å². The van der Waals surface area contributed by atoms with Crippen molar-refractivity contribution in [1.82, 2.24) is 0 Å². The number of nitro groups is 1. The maximum atomic E-state index is 11.8. The fraction of sp³-hybridized carbons (Fsp3) is 0.579. The minimum absolute atomic E-state index is 0.109. The highest BCUT2D eigenvalue weighted by Gasteiger charge is 2.26. The Hall–Kier alpha value is -2.64. The van der Waals surface area contributed by atoms with Crippen LogP contribution in [0.2, 0.25) is 0 Å². The first-order valence-corrected chi connectivity index (χ1v) is 8.86. The molecule has 0 spiro atoms. The number of hydrogen-bond acceptors (Lipinski definition) is 7. The molecule has 0 heterocycles. The Morgan fingerprint density at radius 2 is 1.81 bits per heavy atom. The molecular weight excluding hydrogens is 354 g/mol. The number of methoxy groups -OCH3 is 1. The smallest absolute Gasteiger partial charge is 0.308 e. The molecule has 1 atom stereocenters. The summed E-state index contributed by atoms with van der Waals surface area (Å²) in [6.45, 7) is 6.78. The number of ketones is 1. The zero-order valence-electron chi connectivity index (χ0n) is 16.4. The minimum Gasteiger partial charge on any atom is -0.493 e. The summed E-state index contributed by atoms with van der Waals surface area (Å²) >= 11 is 0. The lowest BCUT2D eigenvalue weighted by Crippen LogP contribution is -2.15. The van der Waals surface area contributed by atoms with E-state index in [-0.39, 0.29) is 28.7 Å². The Morgan fingerprint density at radius 1 is 1.15 bits per heavy atom. The highest BCUT2D eigenvalue weighted by Crippen LogP contribution is 2.38. The largest absolute Gasteiger partial charge is 0.493 e. The van der Waals surface area contributed by atoms with Crippen LogP contribution in [0.4, 0.5) is 5.69 Å². The molecule has 0 bridgehead atoms. The second kappa shape index (κ2) is 10.5. The van der Waals surface area contributed by atoms with Crippen molar-refractivity contribution in [3.63, 3.8) is 0 Å². The zero-order valence-corrected chi connectivity index (χ0v) is 16.4. The normalized spacial score (nSPS) is 11.8. The first-order valence-electron chi connectivity index (χ1n) is 8.86. The van der Waals surface area contributed by atoms with Gasteiger partial charge in [-0.05, 0) is 32.8 Å². The molecule has 8 nitrogen and oxygen atoms in total. The average Bonchev–Trinajstić information content (AvgIpc) is 2.60. The van der Waals surface area contributed by atoms with Gasteiger partial charge in [-0.3, -0.25) is 14.9 Å². The molecule has 0 aliphatic rings. The van der Waals surface area contributed by atoms with Gasteiger partial charge in [-0.25, -0.2) is 0 Å². The molecule has 0 aliphatic heterocycles. The van der Waals surface area contributed by atoms with Gasteiger partial charge in [0, 0.05) is 6.42 Å². The molecular formula is C19H27NO7. The van der Waals surface area contributed by atoms with E-state index in [1.54, 1.807) is 20.8 Å². The van der Waals surface area contributed by atoms with Gasteiger partial charge < -0.3 is 19.0 Å². The van der Waals surface area contributed by atoms with Crippen LogP contribution >= 0.6 is 0 Å². The van der Waals surface area contributed by atoms with Gasteiger partial charge in [-0.1, -0.05) is 13.8 Å². The second-order valence-corrected chi connectivity index (χ2v) is 6.56. The maximum absolute atomic E-state index is 11.8. The lowest BCUT2D eigenvalue weighted by Gasteiger charge is -2.18. The van der Waals surface area contributed by atoms with Gasteiger partial charge in [-0.2, -0.15) is 0 Å². The summed E-state index contributed by atoms with van der Waals surface area (Å²) in [7, 11) is 1.43. The number of esters is 1. The van der Waals surface area contributed by atoms with E-state index in [0.29, 0.717) is 31.6 Å². The molecule has 0 saturated carbocycles. The molecule has 0 saturated heterocycles. The molecule has 0 aliphatic carbocycles. The maximum Gasteiger partial charge on any atom is 0.308 e. The van der Waals surface area contributed by atoms with Crippen LogP contribution in [0.25, 0.3) is 0 Å². The van der Waals surface area contributed by atoms with Crippen LogP contribution in [-0.2, 0) is 14.3 Å². The average molecular weight is 381 g/mol. The predicted octanol–water partition coefficient (Wildman–Crippen LogP) is 4.00. The van der Waals surface area contributed by atoms with Gasteiger partial charge in [0.15, 0.2) is 11.5 Å². The van der Waals surface area contributed by atoms with E-state index in [2.05, 4.69) is 0 Å². The predicted molar refractivity (Wildman–Crippen MR) is 99.0 cm³/mol. The third-order valence-corrected chi connectivity index (χ3v) is 3.89. The molecule has 0 aromatic heterocycles. The fourth-order valence-corrected chi connectivity index (χ4v) is 2.35. The number of carbonyl (C=O) groups is 2. The highest BCUT2D eigenvalue weighted by molar-refractivity contribution is 5.75. The number of Topliss-reactive ketones (excluding diaryl/α,β-unsaturated/α-hetero) is 1. The van der Waals surface area contributed by atoms with E-state index in [0.717, 1.165) is 0 Å². The van der Waals surface area contributed by atoms with Crippen LogP contribution in [0, 0.1) is 16.0 Å². The Kier molecular flexibility index (Phi) is 8.71. The summed E-state index contributed by atoms with van der Waals surface area (Å²) in [6, 6.07) is 2.74. The highest BCUT2D eigenvalue weighted by atomic mass is 16.6. The number of hydrogen-bond donors (Lipinski definition) is 0. The fourth-order valence-electron chi connectivity index (χ4n) is 2.35. The van der Waals surface area contributed by atoms with Crippen LogP contribution in [0.3, 0.4) is 0 Å². The first-order chi connectivity index (χ1) is 12.7. The van der Waals surface area contributed by atoms with Crippen LogP contribution in [0.1, 0.15) is 58.6 Å². The Bertz CT molecular complexity index is 685.